The van der Waals surface area contributed by atoms with Crippen LogP contribution in [0.3, 0.4) is 0 Å². The number of allylic oxidation sites excluding steroid dienone is 1. The molecule has 2 atom stereocenters. The fourth-order valence-corrected chi connectivity index (χ4v) is 2.91. The second kappa shape index (κ2) is 5.75. The predicted molar refractivity (Wildman–Crippen MR) is 73.3 cm³/mol. The molecule has 2 amide bonds. The number of ether oxygens (including phenoxy) is 1. The lowest BCUT2D eigenvalue weighted by Crippen LogP contribution is -2.51. The summed E-state index contributed by atoms with van der Waals surface area (Å²) in [5, 5.41) is 5.25. The number of ketones is 1. The summed E-state index contributed by atoms with van der Waals surface area (Å²) < 4.78 is 29.6. The maximum absolute atomic E-state index is 12.6. The van der Waals surface area contributed by atoms with Crippen molar-refractivity contribution in [2.24, 2.45) is 5.92 Å². The number of hydrogen-bond donors (Lipinski definition) is 2. The lowest BCUT2D eigenvalue weighted by Gasteiger charge is -2.36. The van der Waals surface area contributed by atoms with Crippen molar-refractivity contribution in [2.75, 3.05) is 0 Å². The van der Waals surface area contributed by atoms with E-state index in [0.717, 1.165) is 0 Å². The second-order valence-corrected chi connectivity index (χ2v) is 5.13. The smallest absolute Gasteiger partial charge is 0.387 e. The third-order valence-electron chi connectivity index (χ3n) is 3.78. The number of rotatable bonds is 3. The normalized spacial score (nSPS) is 24.2. The molecule has 1 heterocycles. The molecule has 5 nitrogen and oxygen atoms in total. The molecule has 1 saturated heterocycles. The van der Waals surface area contributed by atoms with Gasteiger partial charge in [0.25, 0.3) is 0 Å². The molecule has 0 spiro atoms. The van der Waals surface area contributed by atoms with Gasteiger partial charge in [-0.15, -0.1) is 0 Å². The van der Waals surface area contributed by atoms with E-state index >= 15 is 0 Å². The van der Waals surface area contributed by atoms with E-state index in [-0.39, 0.29) is 11.5 Å². The molecule has 1 aliphatic carbocycles. The van der Waals surface area contributed by atoms with Crippen molar-refractivity contribution in [3.8, 4) is 5.75 Å². The first-order chi connectivity index (χ1) is 10.6. The van der Waals surface area contributed by atoms with Gasteiger partial charge in [-0.3, -0.25) is 4.79 Å². The maximum Gasteiger partial charge on any atom is 0.387 e. The standard InChI is InChI=1S/C15H14F2N2O3/c16-14(17)22-11-7-2-1-4-8(11)13-12-9(18-15(21)19-13)5-3-6-10(12)20/h1-2,4-5,7,12-14H,3,6H2,(H2,18,19,21)/t12-,13-/m0/s1. The number of urea groups is 1. The molecule has 1 aromatic carbocycles. The average Bonchev–Trinajstić information content (AvgIpc) is 2.46. The quantitative estimate of drug-likeness (QED) is 0.901. The Morgan fingerprint density at radius 1 is 1.23 bits per heavy atom. The number of halogens is 2. The minimum Gasteiger partial charge on any atom is -0.434 e. The molecule has 116 valence electrons. The van der Waals surface area contributed by atoms with Crippen molar-refractivity contribution in [3.63, 3.8) is 0 Å². The largest absolute Gasteiger partial charge is 0.434 e. The number of Topliss-reactive ketones (excluding diaryl/α,β-unsaturated/α-hetero) is 1. The van der Waals surface area contributed by atoms with Crippen LogP contribution < -0.4 is 15.4 Å². The summed E-state index contributed by atoms with van der Waals surface area (Å²) in [5.74, 6) is -0.682. The van der Waals surface area contributed by atoms with Crippen LogP contribution in [0.4, 0.5) is 13.6 Å². The van der Waals surface area contributed by atoms with E-state index in [2.05, 4.69) is 15.4 Å². The zero-order chi connectivity index (χ0) is 15.7. The Labute approximate surface area is 125 Å². The van der Waals surface area contributed by atoms with Crippen LogP contribution in [0, 0.1) is 5.92 Å². The van der Waals surface area contributed by atoms with E-state index < -0.39 is 24.6 Å². The van der Waals surface area contributed by atoms with Gasteiger partial charge in [0.2, 0.25) is 0 Å². The van der Waals surface area contributed by atoms with E-state index in [1.54, 1.807) is 24.3 Å². The van der Waals surface area contributed by atoms with E-state index in [1.165, 1.54) is 6.07 Å². The Bertz CT molecular complexity index is 645. The van der Waals surface area contributed by atoms with Gasteiger partial charge in [0.15, 0.2) is 0 Å². The molecule has 0 saturated carbocycles. The number of amides is 2. The molecule has 0 radical (unpaired) electrons. The zero-order valence-electron chi connectivity index (χ0n) is 11.5. The van der Waals surface area contributed by atoms with Crippen LogP contribution >= 0.6 is 0 Å². The van der Waals surface area contributed by atoms with E-state index in [1.807, 2.05) is 0 Å². The van der Waals surface area contributed by atoms with Crippen LogP contribution in [-0.2, 0) is 4.79 Å². The number of hydrogen-bond acceptors (Lipinski definition) is 3. The van der Waals surface area contributed by atoms with Crippen molar-refractivity contribution >= 4 is 11.8 Å². The molecule has 0 aromatic heterocycles. The Morgan fingerprint density at radius 3 is 2.77 bits per heavy atom. The van der Waals surface area contributed by atoms with Crippen LogP contribution in [0.5, 0.6) is 5.75 Å². The van der Waals surface area contributed by atoms with Gasteiger partial charge in [0.1, 0.15) is 11.5 Å². The predicted octanol–water partition coefficient (Wildman–Crippen LogP) is 2.50. The summed E-state index contributed by atoms with van der Waals surface area (Å²) in [7, 11) is 0. The number of carbonyl (C=O) groups excluding carboxylic acids is 2. The molecule has 1 aliphatic heterocycles. The number of benzene rings is 1. The summed E-state index contributed by atoms with van der Waals surface area (Å²) in [4.78, 5) is 24.0. The lowest BCUT2D eigenvalue weighted by molar-refractivity contribution is -0.123. The number of alkyl halides is 2. The zero-order valence-corrected chi connectivity index (χ0v) is 11.5. The summed E-state index contributed by atoms with van der Waals surface area (Å²) in [6, 6.07) is 5.00. The van der Waals surface area contributed by atoms with Gasteiger partial charge < -0.3 is 15.4 Å². The van der Waals surface area contributed by atoms with Crippen LogP contribution in [0.1, 0.15) is 24.4 Å². The maximum atomic E-state index is 12.6. The highest BCUT2D eigenvalue weighted by Gasteiger charge is 2.40. The van der Waals surface area contributed by atoms with Crippen LogP contribution in [0.25, 0.3) is 0 Å². The minimum atomic E-state index is -2.98. The Hall–Kier alpha value is -2.44. The van der Waals surface area contributed by atoms with Crippen molar-refractivity contribution in [1.29, 1.82) is 0 Å². The first-order valence-electron chi connectivity index (χ1n) is 6.90. The van der Waals surface area contributed by atoms with Gasteiger partial charge in [-0.1, -0.05) is 24.3 Å². The van der Waals surface area contributed by atoms with Gasteiger partial charge in [-0.25, -0.2) is 4.79 Å². The molecule has 22 heavy (non-hydrogen) atoms. The third-order valence-corrected chi connectivity index (χ3v) is 3.78. The van der Waals surface area contributed by atoms with Crippen LogP contribution in [0.2, 0.25) is 0 Å². The van der Waals surface area contributed by atoms with Crippen molar-refractivity contribution < 1.29 is 23.1 Å². The number of fused-ring (bicyclic) bond motifs is 1. The topological polar surface area (TPSA) is 67.4 Å². The van der Waals surface area contributed by atoms with E-state index in [0.29, 0.717) is 24.1 Å². The van der Waals surface area contributed by atoms with Gasteiger partial charge in [-0.05, 0) is 12.5 Å². The second-order valence-electron chi connectivity index (χ2n) is 5.13. The van der Waals surface area contributed by atoms with Crippen molar-refractivity contribution in [3.05, 3.63) is 41.6 Å². The molecular formula is C15H14F2N2O3. The first-order valence-corrected chi connectivity index (χ1v) is 6.90. The molecule has 3 rings (SSSR count). The van der Waals surface area contributed by atoms with Gasteiger partial charge >= 0.3 is 12.6 Å². The molecule has 1 fully saturated rings. The molecule has 1 aromatic rings. The van der Waals surface area contributed by atoms with E-state index in [9.17, 15) is 18.4 Å². The number of nitrogens with one attached hydrogen (secondary N) is 2. The first kappa shape index (κ1) is 14.5. The third kappa shape index (κ3) is 2.66. The number of para-hydroxylation sites is 1. The van der Waals surface area contributed by atoms with Gasteiger partial charge in [0.05, 0.1) is 12.0 Å². The molecule has 0 unspecified atom stereocenters. The minimum absolute atomic E-state index is 0.0394. The van der Waals surface area contributed by atoms with Crippen LogP contribution in [0.15, 0.2) is 36.0 Å². The molecule has 2 aliphatic rings. The summed E-state index contributed by atoms with van der Waals surface area (Å²) in [6.45, 7) is -2.98. The van der Waals surface area contributed by atoms with Crippen molar-refractivity contribution in [2.45, 2.75) is 25.5 Å². The fraction of sp³-hybridized carbons (Fsp3) is 0.333. The van der Waals surface area contributed by atoms with Crippen molar-refractivity contribution in [1.82, 2.24) is 10.6 Å². The van der Waals surface area contributed by atoms with Gasteiger partial charge in [-0.2, -0.15) is 8.78 Å². The van der Waals surface area contributed by atoms with E-state index in [4.69, 9.17) is 0 Å². The van der Waals surface area contributed by atoms with Crippen LogP contribution in [-0.4, -0.2) is 18.4 Å². The highest BCUT2D eigenvalue weighted by molar-refractivity contribution is 5.90. The fourth-order valence-electron chi connectivity index (χ4n) is 2.91. The highest BCUT2D eigenvalue weighted by Crippen LogP contribution is 2.38. The Morgan fingerprint density at radius 2 is 2.00 bits per heavy atom. The summed E-state index contributed by atoms with van der Waals surface area (Å²) >= 11 is 0. The Balaban J connectivity index is 2.02. The summed E-state index contributed by atoms with van der Waals surface area (Å²) in [5.41, 5.74) is 0.889. The molecular weight excluding hydrogens is 294 g/mol. The lowest BCUT2D eigenvalue weighted by atomic mass is 9.80. The Kier molecular flexibility index (Phi) is 3.79. The summed E-state index contributed by atoms with van der Waals surface area (Å²) in [6.07, 6.45) is 2.72. The molecule has 7 heteroatoms. The average molecular weight is 308 g/mol. The molecule has 2 N–H and O–H groups in total. The SMILES string of the molecule is O=C1NC2=CCCC(=O)[C@H]2[C@H](c2ccccc2OC(F)F)N1. The highest BCUT2D eigenvalue weighted by atomic mass is 19.3. The molecule has 0 bridgehead atoms. The number of carbonyl (C=O) groups is 2. The monoisotopic (exact) mass is 308 g/mol. The van der Waals surface area contributed by atoms with Gasteiger partial charge in [0, 0.05) is 17.7 Å².